The molecule has 92 valence electrons. The largest absolute Gasteiger partial charge is 0.476 e. The number of carboxylic acid groups (broad SMARTS) is 1. The van der Waals surface area contributed by atoms with Crippen molar-refractivity contribution in [1.29, 1.82) is 0 Å². The molecule has 0 radical (unpaired) electrons. The van der Waals surface area contributed by atoms with E-state index >= 15 is 0 Å². The number of nitrogens with zero attached hydrogens (tertiary/aromatic N) is 1. The molecule has 0 aliphatic heterocycles. The predicted molar refractivity (Wildman–Crippen MR) is 71.2 cm³/mol. The minimum Gasteiger partial charge on any atom is -0.476 e. The van der Waals surface area contributed by atoms with Gasteiger partial charge in [-0.25, -0.2) is 9.78 Å². The van der Waals surface area contributed by atoms with E-state index in [1.165, 1.54) is 29.7 Å². The third-order valence-corrected chi connectivity index (χ3v) is 4.18. The van der Waals surface area contributed by atoms with Gasteiger partial charge < -0.3 is 5.11 Å². The average molecular weight is 259 g/mol. The normalized spacial score (nSPS) is 14.7. The molecule has 1 aliphatic rings. The SMILES string of the molecule is Cc1nc(C(=O)O)c(-c2ccc(C3CC3)cc2)s1. The number of hydrogen-bond acceptors (Lipinski definition) is 3. The summed E-state index contributed by atoms with van der Waals surface area (Å²) in [6.45, 7) is 1.83. The monoisotopic (exact) mass is 259 g/mol. The Morgan fingerprint density at radius 2 is 2.00 bits per heavy atom. The summed E-state index contributed by atoms with van der Waals surface area (Å²) in [4.78, 5) is 16.0. The van der Waals surface area contributed by atoms with Crippen molar-refractivity contribution >= 4 is 17.3 Å². The topological polar surface area (TPSA) is 50.2 Å². The van der Waals surface area contributed by atoms with Crippen LogP contribution in [0.1, 0.15) is 39.8 Å². The van der Waals surface area contributed by atoms with Crippen molar-refractivity contribution in [3.05, 3.63) is 40.5 Å². The molecule has 4 heteroatoms. The van der Waals surface area contributed by atoms with Crippen LogP contribution < -0.4 is 0 Å². The maximum absolute atomic E-state index is 11.1. The van der Waals surface area contributed by atoms with Gasteiger partial charge in [-0.15, -0.1) is 11.3 Å². The molecule has 0 bridgehead atoms. The molecule has 1 aliphatic carbocycles. The Hall–Kier alpha value is -1.68. The average Bonchev–Trinajstić information content (AvgIpc) is 3.12. The maximum atomic E-state index is 11.1. The van der Waals surface area contributed by atoms with Gasteiger partial charge in [0.05, 0.1) is 9.88 Å². The lowest BCUT2D eigenvalue weighted by molar-refractivity contribution is 0.0692. The van der Waals surface area contributed by atoms with E-state index in [9.17, 15) is 4.79 Å². The van der Waals surface area contributed by atoms with Crippen molar-refractivity contribution in [2.24, 2.45) is 0 Å². The minimum atomic E-state index is -0.958. The van der Waals surface area contributed by atoms with Gasteiger partial charge in [-0.2, -0.15) is 0 Å². The molecule has 1 N–H and O–H groups in total. The number of carboxylic acids is 1. The smallest absolute Gasteiger partial charge is 0.356 e. The second kappa shape index (κ2) is 4.21. The van der Waals surface area contributed by atoms with Crippen molar-refractivity contribution in [1.82, 2.24) is 4.98 Å². The number of hydrogen-bond donors (Lipinski definition) is 1. The van der Waals surface area contributed by atoms with E-state index < -0.39 is 5.97 Å². The highest BCUT2D eigenvalue weighted by Crippen LogP contribution is 2.41. The van der Waals surface area contributed by atoms with Gasteiger partial charge in [-0.3, -0.25) is 0 Å². The van der Waals surface area contributed by atoms with Crippen molar-refractivity contribution in [2.45, 2.75) is 25.7 Å². The Bertz CT molecular complexity index is 597. The molecule has 18 heavy (non-hydrogen) atoms. The molecule has 1 aromatic heterocycles. The number of aromatic nitrogens is 1. The van der Waals surface area contributed by atoms with Crippen molar-refractivity contribution in [2.75, 3.05) is 0 Å². The fraction of sp³-hybridized carbons (Fsp3) is 0.286. The molecule has 1 fully saturated rings. The number of aromatic carboxylic acids is 1. The van der Waals surface area contributed by atoms with Gasteiger partial charge in [-0.05, 0) is 36.8 Å². The minimum absolute atomic E-state index is 0.164. The van der Waals surface area contributed by atoms with Crippen LogP contribution in [-0.2, 0) is 0 Å². The number of rotatable bonds is 3. The van der Waals surface area contributed by atoms with Crippen molar-refractivity contribution in [3.63, 3.8) is 0 Å². The molecule has 3 nitrogen and oxygen atoms in total. The van der Waals surface area contributed by atoms with E-state index in [0.29, 0.717) is 0 Å². The summed E-state index contributed by atoms with van der Waals surface area (Å²) < 4.78 is 0. The second-order valence-corrected chi connectivity index (χ2v) is 5.82. The molecule has 1 heterocycles. The van der Waals surface area contributed by atoms with Crippen LogP contribution in [0.3, 0.4) is 0 Å². The number of thiazole rings is 1. The zero-order chi connectivity index (χ0) is 12.7. The van der Waals surface area contributed by atoms with Crippen LogP contribution in [0.2, 0.25) is 0 Å². The summed E-state index contributed by atoms with van der Waals surface area (Å²) in [6.07, 6.45) is 2.55. The number of benzene rings is 1. The molecule has 1 saturated carbocycles. The highest BCUT2D eigenvalue weighted by molar-refractivity contribution is 7.15. The summed E-state index contributed by atoms with van der Waals surface area (Å²) in [5.41, 5.74) is 2.47. The van der Waals surface area contributed by atoms with Gasteiger partial charge in [0.25, 0.3) is 0 Å². The molecule has 0 spiro atoms. The van der Waals surface area contributed by atoms with Crippen LogP contribution in [0, 0.1) is 6.92 Å². The summed E-state index contributed by atoms with van der Waals surface area (Å²) >= 11 is 1.43. The van der Waals surface area contributed by atoms with E-state index in [4.69, 9.17) is 5.11 Å². The molecule has 0 atom stereocenters. The van der Waals surface area contributed by atoms with Crippen molar-refractivity contribution < 1.29 is 9.90 Å². The Labute approximate surface area is 109 Å². The third-order valence-electron chi connectivity index (χ3n) is 3.16. The first-order valence-corrected chi connectivity index (χ1v) is 6.78. The standard InChI is InChI=1S/C14H13NO2S/c1-8-15-12(14(16)17)13(18-8)11-6-4-10(5-7-11)9-2-3-9/h4-7,9H,2-3H2,1H3,(H,16,17). The van der Waals surface area contributed by atoms with Gasteiger partial charge in [0.2, 0.25) is 0 Å². The van der Waals surface area contributed by atoms with Crippen LogP contribution in [0.5, 0.6) is 0 Å². The molecule has 1 aromatic carbocycles. The van der Waals surface area contributed by atoms with Crippen LogP contribution >= 0.6 is 11.3 Å². The lowest BCUT2D eigenvalue weighted by Gasteiger charge is -2.01. The summed E-state index contributed by atoms with van der Waals surface area (Å²) in [5.74, 6) is -0.234. The van der Waals surface area contributed by atoms with E-state index in [2.05, 4.69) is 17.1 Å². The van der Waals surface area contributed by atoms with Crippen LogP contribution in [0.4, 0.5) is 0 Å². The number of carbonyl (C=O) groups is 1. The summed E-state index contributed by atoms with van der Waals surface area (Å²) in [7, 11) is 0. The highest BCUT2D eigenvalue weighted by Gasteiger charge is 2.23. The van der Waals surface area contributed by atoms with Gasteiger partial charge in [0, 0.05) is 0 Å². The Balaban J connectivity index is 2.00. The van der Waals surface area contributed by atoms with Gasteiger partial charge >= 0.3 is 5.97 Å². The summed E-state index contributed by atoms with van der Waals surface area (Å²) in [6, 6.07) is 8.22. The molecular formula is C14H13NO2S. The highest BCUT2D eigenvalue weighted by atomic mass is 32.1. The zero-order valence-electron chi connectivity index (χ0n) is 10.0. The van der Waals surface area contributed by atoms with E-state index in [1.807, 2.05) is 19.1 Å². The van der Waals surface area contributed by atoms with E-state index in [1.54, 1.807) is 0 Å². The quantitative estimate of drug-likeness (QED) is 0.914. The van der Waals surface area contributed by atoms with Crippen LogP contribution in [0.15, 0.2) is 24.3 Å². The molecule has 0 amide bonds. The van der Waals surface area contributed by atoms with Crippen LogP contribution in [0.25, 0.3) is 10.4 Å². The van der Waals surface area contributed by atoms with E-state index in [0.717, 1.165) is 21.4 Å². The Morgan fingerprint density at radius 3 is 2.56 bits per heavy atom. The molecular weight excluding hydrogens is 246 g/mol. The number of aryl methyl sites for hydroxylation is 1. The fourth-order valence-electron chi connectivity index (χ4n) is 2.09. The first kappa shape index (κ1) is 11.4. The lowest BCUT2D eigenvalue weighted by Crippen LogP contribution is -1.98. The first-order chi connectivity index (χ1) is 8.65. The predicted octanol–water partition coefficient (Wildman–Crippen LogP) is 3.69. The lowest BCUT2D eigenvalue weighted by atomic mass is 10.1. The third kappa shape index (κ3) is 2.04. The first-order valence-electron chi connectivity index (χ1n) is 5.96. The molecule has 2 aromatic rings. The Kier molecular flexibility index (Phi) is 2.67. The van der Waals surface area contributed by atoms with Crippen molar-refractivity contribution in [3.8, 4) is 10.4 Å². The molecule has 0 unspecified atom stereocenters. The molecule has 0 saturated heterocycles. The van der Waals surface area contributed by atoms with E-state index in [-0.39, 0.29) is 5.69 Å². The van der Waals surface area contributed by atoms with Gasteiger partial charge in [0.1, 0.15) is 0 Å². The maximum Gasteiger partial charge on any atom is 0.356 e. The summed E-state index contributed by atoms with van der Waals surface area (Å²) in [5, 5.41) is 9.92. The van der Waals surface area contributed by atoms with Gasteiger partial charge in [-0.1, -0.05) is 24.3 Å². The fourth-order valence-corrected chi connectivity index (χ4v) is 3.01. The second-order valence-electron chi connectivity index (χ2n) is 4.61. The van der Waals surface area contributed by atoms with Crippen LogP contribution in [-0.4, -0.2) is 16.1 Å². The zero-order valence-corrected chi connectivity index (χ0v) is 10.8. The Morgan fingerprint density at radius 1 is 1.33 bits per heavy atom. The molecule has 3 rings (SSSR count). The van der Waals surface area contributed by atoms with Gasteiger partial charge in [0.15, 0.2) is 5.69 Å².